The fourth-order valence-corrected chi connectivity index (χ4v) is 3.12. The molecule has 0 aromatic heterocycles. The van der Waals surface area contributed by atoms with Crippen molar-refractivity contribution < 1.29 is 9.59 Å². The normalized spacial score (nSPS) is 20.7. The third kappa shape index (κ3) is 2.61. The smallest absolute Gasteiger partial charge is 0.319 e. The molecule has 0 aliphatic carbocycles. The molecule has 1 atom stereocenters. The van der Waals surface area contributed by atoms with Crippen LogP contribution in [-0.4, -0.2) is 16.8 Å². The first kappa shape index (κ1) is 15.3. The Morgan fingerprint density at radius 1 is 1.04 bits per heavy atom. The number of hydrogen-bond acceptors (Lipinski definition) is 2. The Hall–Kier alpha value is -2.62. The number of urea groups is 1. The lowest BCUT2D eigenvalue weighted by Crippen LogP contribution is -2.43. The molecule has 4 heteroatoms. The van der Waals surface area contributed by atoms with E-state index in [1.807, 2.05) is 68.4 Å². The van der Waals surface area contributed by atoms with Crippen LogP contribution in [0.1, 0.15) is 30.0 Å². The fourth-order valence-electron chi connectivity index (χ4n) is 3.12. The summed E-state index contributed by atoms with van der Waals surface area (Å²) in [5.74, 6) is -0.183. The molecule has 1 fully saturated rings. The number of nitrogens with zero attached hydrogens (tertiary/aromatic N) is 1. The monoisotopic (exact) mass is 308 g/mol. The van der Waals surface area contributed by atoms with Gasteiger partial charge in [-0.2, -0.15) is 0 Å². The summed E-state index contributed by atoms with van der Waals surface area (Å²) in [7, 11) is 0. The maximum Gasteiger partial charge on any atom is 0.325 e. The van der Waals surface area contributed by atoms with Crippen LogP contribution < -0.4 is 5.32 Å². The Labute approximate surface area is 136 Å². The van der Waals surface area contributed by atoms with Crippen molar-refractivity contribution in [1.82, 2.24) is 10.2 Å². The molecule has 1 saturated heterocycles. The van der Waals surface area contributed by atoms with Crippen molar-refractivity contribution in [3.63, 3.8) is 0 Å². The number of nitrogens with one attached hydrogen (secondary N) is 1. The topological polar surface area (TPSA) is 49.4 Å². The van der Waals surface area contributed by atoms with E-state index in [0.717, 1.165) is 16.7 Å². The van der Waals surface area contributed by atoms with Crippen LogP contribution in [0.2, 0.25) is 0 Å². The van der Waals surface area contributed by atoms with Crippen LogP contribution >= 0.6 is 0 Å². The molecule has 0 saturated carbocycles. The number of imide groups is 1. The Kier molecular flexibility index (Phi) is 3.90. The van der Waals surface area contributed by atoms with Crippen molar-refractivity contribution in [3.8, 4) is 0 Å². The highest BCUT2D eigenvalue weighted by molar-refractivity contribution is 6.07. The largest absolute Gasteiger partial charge is 0.325 e. The molecule has 1 aliphatic heterocycles. The predicted octanol–water partition coefficient (Wildman–Crippen LogP) is 3.35. The summed E-state index contributed by atoms with van der Waals surface area (Å²) < 4.78 is 0. The molecule has 4 nitrogen and oxygen atoms in total. The Balaban J connectivity index is 1.93. The molecule has 1 N–H and O–H groups in total. The zero-order chi connectivity index (χ0) is 16.4. The van der Waals surface area contributed by atoms with E-state index in [9.17, 15) is 9.59 Å². The van der Waals surface area contributed by atoms with Gasteiger partial charge in [-0.05, 0) is 24.5 Å². The molecule has 0 radical (unpaired) electrons. The first-order valence-electron chi connectivity index (χ1n) is 7.82. The van der Waals surface area contributed by atoms with Crippen LogP contribution in [0.15, 0.2) is 54.6 Å². The third-order valence-corrected chi connectivity index (χ3v) is 4.40. The van der Waals surface area contributed by atoms with Crippen LogP contribution in [0.25, 0.3) is 0 Å². The second kappa shape index (κ2) is 5.88. The zero-order valence-electron chi connectivity index (χ0n) is 13.4. The Bertz CT molecular complexity index is 742. The average Bonchev–Trinajstić information content (AvgIpc) is 2.81. The average molecular weight is 308 g/mol. The van der Waals surface area contributed by atoms with Crippen molar-refractivity contribution in [2.24, 2.45) is 0 Å². The minimum Gasteiger partial charge on any atom is -0.319 e. The molecule has 1 heterocycles. The van der Waals surface area contributed by atoms with Crippen LogP contribution in [0.3, 0.4) is 0 Å². The van der Waals surface area contributed by atoms with E-state index in [4.69, 9.17) is 0 Å². The van der Waals surface area contributed by atoms with E-state index in [0.29, 0.717) is 13.0 Å². The molecule has 2 aromatic rings. The molecular weight excluding hydrogens is 288 g/mol. The number of rotatable bonds is 4. The van der Waals surface area contributed by atoms with Crippen LogP contribution in [-0.2, 0) is 16.9 Å². The molecule has 3 rings (SSSR count). The van der Waals surface area contributed by atoms with Crippen molar-refractivity contribution in [2.45, 2.75) is 32.4 Å². The van der Waals surface area contributed by atoms with Crippen LogP contribution in [0.4, 0.5) is 4.79 Å². The van der Waals surface area contributed by atoms with Crippen molar-refractivity contribution in [1.29, 1.82) is 0 Å². The highest BCUT2D eigenvalue weighted by atomic mass is 16.2. The summed E-state index contributed by atoms with van der Waals surface area (Å²) in [6.07, 6.45) is 0.520. The van der Waals surface area contributed by atoms with Gasteiger partial charge in [-0.1, -0.05) is 67.1 Å². The Morgan fingerprint density at radius 3 is 2.43 bits per heavy atom. The summed E-state index contributed by atoms with van der Waals surface area (Å²) in [4.78, 5) is 26.7. The molecule has 0 spiro atoms. The summed E-state index contributed by atoms with van der Waals surface area (Å²) >= 11 is 0. The zero-order valence-corrected chi connectivity index (χ0v) is 13.4. The van der Waals surface area contributed by atoms with E-state index in [1.165, 1.54) is 4.90 Å². The van der Waals surface area contributed by atoms with Gasteiger partial charge in [0.2, 0.25) is 0 Å². The molecule has 118 valence electrons. The molecular formula is C19H20N2O2. The predicted molar refractivity (Wildman–Crippen MR) is 88.7 cm³/mol. The minimum atomic E-state index is -0.956. The van der Waals surface area contributed by atoms with E-state index < -0.39 is 5.54 Å². The third-order valence-electron chi connectivity index (χ3n) is 4.40. The molecule has 23 heavy (non-hydrogen) atoms. The van der Waals surface area contributed by atoms with Gasteiger partial charge in [-0.3, -0.25) is 9.69 Å². The van der Waals surface area contributed by atoms with Gasteiger partial charge in [-0.25, -0.2) is 4.79 Å². The van der Waals surface area contributed by atoms with Gasteiger partial charge >= 0.3 is 6.03 Å². The second-order valence-electron chi connectivity index (χ2n) is 5.94. The minimum absolute atomic E-state index is 0.183. The summed E-state index contributed by atoms with van der Waals surface area (Å²) in [5.41, 5.74) is 1.93. The van der Waals surface area contributed by atoms with Gasteiger partial charge in [0.05, 0.1) is 6.54 Å². The van der Waals surface area contributed by atoms with Gasteiger partial charge in [0.15, 0.2) is 0 Å². The van der Waals surface area contributed by atoms with E-state index in [-0.39, 0.29) is 11.9 Å². The number of hydrogen-bond donors (Lipinski definition) is 1. The standard InChI is InChI=1S/C19H20N2O2/c1-3-19(16-10-5-4-6-11-16)17(22)21(18(23)20-19)13-15-9-7-8-14(2)12-15/h4-12H,3,13H2,1-2H3,(H,20,23). The van der Waals surface area contributed by atoms with Gasteiger partial charge in [-0.15, -0.1) is 0 Å². The SMILES string of the molecule is CCC1(c2ccccc2)NC(=O)N(Cc2cccc(C)c2)C1=O. The lowest BCUT2D eigenvalue weighted by Gasteiger charge is -2.25. The van der Waals surface area contributed by atoms with Gasteiger partial charge < -0.3 is 5.32 Å². The van der Waals surface area contributed by atoms with Crippen LogP contribution in [0.5, 0.6) is 0 Å². The van der Waals surface area contributed by atoms with Gasteiger partial charge in [0.1, 0.15) is 5.54 Å². The van der Waals surface area contributed by atoms with Crippen molar-refractivity contribution in [2.75, 3.05) is 0 Å². The maximum atomic E-state index is 13.0. The number of aryl methyl sites for hydroxylation is 1. The highest BCUT2D eigenvalue weighted by Gasteiger charge is 2.50. The lowest BCUT2D eigenvalue weighted by molar-refractivity contribution is -0.132. The van der Waals surface area contributed by atoms with E-state index in [2.05, 4.69) is 5.32 Å². The number of carbonyl (C=O) groups excluding carboxylic acids is 2. The summed E-state index contributed by atoms with van der Waals surface area (Å²) in [6.45, 7) is 4.21. The molecule has 2 aromatic carbocycles. The lowest BCUT2D eigenvalue weighted by atomic mass is 9.87. The molecule has 3 amide bonds. The molecule has 1 aliphatic rings. The van der Waals surface area contributed by atoms with Crippen molar-refractivity contribution in [3.05, 3.63) is 71.3 Å². The first-order chi connectivity index (χ1) is 11.1. The summed E-state index contributed by atoms with van der Waals surface area (Å²) in [6, 6.07) is 17.0. The number of amides is 3. The first-order valence-corrected chi connectivity index (χ1v) is 7.82. The van der Waals surface area contributed by atoms with Crippen LogP contribution in [0, 0.1) is 6.92 Å². The van der Waals surface area contributed by atoms with E-state index in [1.54, 1.807) is 0 Å². The summed E-state index contributed by atoms with van der Waals surface area (Å²) in [5, 5.41) is 2.91. The number of benzene rings is 2. The van der Waals surface area contributed by atoms with Gasteiger partial charge in [0.25, 0.3) is 5.91 Å². The second-order valence-corrected chi connectivity index (χ2v) is 5.94. The Morgan fingerprint density at radius 2 is 1.78 bits per heavy atom. The van der Waals surface area contributed by atoms with Crippen molar-refractivity contribution >= 4 is 11.9 Å². The highest BCUT2D eigenvalue weighted by Crippen LogP contribution is 2.33. The molecule has 1 unspecified atom stereocenters. The fraction of sp³-hybridized carbons (Fsp3) is 0.263. The van der Waals surface area contributed by atoms with E-state index >= 15 is 0 Å². The molecule has 0 bridgehead atoms. The van der Waals surface area contributed by atoms with Gasteiger partial charge in [0, 0.05) is 0 Å². The number of carbonyl (C=O) groups is 2. The maximum absolute atomic E-state index is 13.0. The quantitative estimate of drug-likeness (QED) is 0.881.